The lowest BCUT2D eigenvalue weighted by atomic mass is 9.71. The van der Waals surface area contributed by atoms with Crippen LogP contribution in [0.5, 0.6) is 0 Å². The van der Waals surface area contributed by atoms with E-state index in [0.29, 0.717) is 24.2 Å². The Balaban J connectivity index is 1.86. The number of carbonyl (C=O) groups excluding carboxylic acids is 3. The van der Waals surface area contributed by atoms with Crippen molar-refractivity contribution < 1.29 is 33.0 Å². The second kappa shape index (κ2) is 9.13. The standard InChI is InChI=1S/C29H45NO7Si/c1-26(2,3)36-25(33)30-19-15-18-13-11-12-14-29(18,30)21(20(16-19)37-38(9,10)27(4,5)6)23(31)35-22-24(32)34-17-28(22,7)8/h15,19,22H,11-14,16-17H2,1-10H3/t19-,22+,29+/m1/s1. The van der Waals surface area contributed by atoms with E-state index in [-0.39, 0.29) is 17.7 Å². The molecule has 8 nitrogen and oxygen atoms in total. The van der Waals surface area contributed by atoms with E-state index in [0.717, 1.165) is 24.8 Å². The predicted molar refractivity (Wildman–Crippen MR) is 146 cm³/mol. The first-order chi connectivity index (χ1) is 17.3. The molecule has 4 rings (SSSR count). The number of rotatable bonds is 4. The fraction of sp³-hybridized carbons (Fsp3) is 0.759. The van der Waals surface area contributed by atoms with Crippen molar-refractivity contribution in [3.63, 3.8) is 0 Å². The van der Waals surface area contributed by atoms with Crippen LogP contribution in [0, 0.1) is 5.41 Å². The molecule has 1 spiro atoms. The molecular formula is C29H45NO7Si. The van der Waals surface area contributed by atoms with Crippen LogP contribution in [0.4, 0.5) is 4.79 Å². The first-order valence-corrected chi connectivity index (χ1v) is 16.7. The summed E-state index contributed by atoms with van der Waals surface area (Å²) < 4.78 is 24.0. The van der Waals surface area contributed by atoms with Crippen LogP contribution < -0.4 is 0 Å². The Morgan fingerprint density at radius 3 is 2.32 bits per heavy atom. The van der Waals surface area contributed by atoms with Crippen LogP contribution in [-0.4, -0.2) is 61.1 Å². The lowest BCUT2D eigenvalue weighted by molar-refractivity contribution is -0.161. The van der Waals surface area contributed by atoms with Gasteiger partial charge in [-0.25, -0.2) is 14.4 Å². The summed E-state index contributed by atoms with van der Waals surface area (Å²) in [6.45, 7) is 20.2. The van der Waals surface area contributed by atoms with Crippen molar-refractivity contribution in [3.8, 4) is 0 Å². The van der Waals surface area contributed by atoms with Crippen molar-refractivity contribution in [1.29, 1.82) is 0 Å². The fourth-order valence-corrected chi connectivity index (χ4v) is 6.88. The third-order valence-corrected chi connectivity index (χ3v) is 13.1. The zero-order valence-electron chi connectivity index (χ0n) is 24.8. The van der Waals surface area contributed by atoms with Crippen LogP contribution in [-0.2, 0) is 28.2 Å². The van der Waals surface area contributed by atoms with Gasteiger partial charge in [0.2, 0.25) is 14.4 Å². The number of hydrogen-bond acceptors (Lipinski definition) is 7. The lowest BCUT2D eigenvalue weighted by Crippen LogP contribution is -2.60. The molecule has 0 aromatic heterocycles. The molecule has 0 aromatic carbocycles. The van der Waals surface area contributed by atoms with Crippen molar-refractivity contribution in [3.05, 3.63) is 23.0 Å². The SMILES string of the molecule is CC(C)(C)OC(=O)N1[C@@H]2C=C3CCCC[C@@]31C(C(=O)O[C@H]1C(=O)OCC1(C)C)=C(O[Si](C)(C)C(C)(C)C)C2. The Morgan fingerprint density at radius 1 is 1.11 bits per heavy atom. The first-order valence-electron chi connectivity index (χ1n) is 13.8. The van der Waals surface area contributed by atoms with Crippen molar-refractivity contribution in [2.75, 3.05) is 6.61 Å². The molecule has 1 amide bonds. The zero-order chi connectivity index (χ0) is 28.5. The molecule has 0 radical (unpaired) electrons. The van der Waals surface area contributed by atoms with Crippen LogP contribution in [0.3, 0.4) is 0 Å². The minimum Gasteiger partial charge on any atom is -0.546 e. The van der Waals surface area contributed by atoms with Gasteiger partial charge in [-0.3, -0.25) is 4.90 Å². The highest BCUT2D eigenvalue weighted by molar-refractivity contribution is 6.74. The topological polar surface area (TPSA) is 91.4 Å². The molecular weight excluding hydrogens is 502 g/mol. The van der Waals surface area contributed by atoms with Crippen LogP contribution >= 0.6 is 0 Å². The lowest BCUT2D eigenvalue weighted by Gasteiger charge is -2.50. The highest BCUT2D eigenvalue weighted by atomic mass is 28.4. The molecule has 212 valence electrons. The number of cyclic esters (lactones) is 1. The summed E-state index contributed by atoms with van der Waals surface area (Å²) >= 11 is 0. The van der Waals surface area contributed by atoms with Gasteiger partial charge >= 0.3 is 18.0 Å². The maximum Gasteiger partial charge on any atom is 0.411 e. The maximum atomic E-state index is 14.3. The molecule has 9 heteroatoms. The van der Waals surface area contributed by atoms with Gasteiger partial charge in [-0.1, -0.05) is 47.1 Å². The number of carbonyl (C=O) groups is 3. The highest BCUT2D eigenvalue weighted by Gasteiger charge is 2.62. The summed E-state index contributed by atoms with van der Waals surface area (Å²) in [6.07, 6.45) is 4.17. The molecule has 1 saturated carbocycles. The Hall–Kier alpha value is -2.29. The number of hydrogen-bond donors (Lipinski definition) is 0. The van der Waals surface area contributed by atoms with Crippen molar-refractivity contribution in [2.45, 2.75) is 129 Å². The Labute approximate surface area is 228 Å². The van der Waals surface area contributed by atoms with Gasteiger partial charge in [0.1, 0.15) is 23.3 Å². The molecule has 38 heavy (non-hydrogen) atoms. The minimum atomic E-state index is -2.36. The van der Waals surface area contributed by atoms with Gasteiger partial charge in [0.25, 0.3) is 0 Å². The summed E-state index contributed by atoms with van der Waals surface area (Å²) in [5, 5.41) is -0.103. The Kier molecular flexibility index (Phi) is 6.90. The van der Waals surface area contributed by atoms with E-state index in [1.807, 2.05) is 34.6 Å². The molecule has 4 aliphatic rings. The number of fused-ring (bicyclic) bond motifs is 1. The number of amides is 1. The third-order valence-electron chi connectivity index (χ3n) is 8.70. The Morgan fingerprint density at radius 2 is 1.76 bits per heavy atom. The molecule has 3 aliphatic heterocycles. The summed E-state index contributed by atoms with van der Waals surface area (Å²) in [5.41, 5.74) is -0.974. The van der Waals surface area contributed by atoms with Gasteiger partial charge < -0.3 is 18.6 Å². The van der Waals surface area contributed by atoms with Crippen LogP contribution in [0.1, 0.15) is 87.5 Å². The third kappa shape index (κ3) is 4.80. The van der Waals surface area contributed by atoms with E-state index in [4.69, 9.17) is 18.6 Å². The molecule has 3 heterocycles. The largest absolute Gasteiger partial charge is 0.546 e. The van der Waals surface area contributed by atoms with Crippen LogP contribution in [0.15, 0.2) is 23.0 Å². The molecule has 0 unspecified atom stereocenters. The normalized spacial score (nSPS) is 28.9. The van der Waals surface area contributed by atoms with E-state index in [2.05, 4.69) is 39.9 Å². The predicted octanol–water partition coefficient (Wildman–Crippen LogP) is 6.02. The van der Waals surface area contributed by atoms with E-state index < -0.39 is 49.0 Å². The number of esters is 2. The highest BCUT2D eigenvalue weighted by Crippen LogP contribution is 2.56. The zero-order valence-corrected chi connectivity index (χ0v) is 25.8. The average Bonchev–Trinajstić information content (AvgIpc) is 3.14. The summed E-state index contributed by atoms with van der Waals surface area (Å²) in [6, 6.07) is -0.276. The van der Waals surface area contributed by atoms with Gasteiger partial charge in [-0.15, -0.1) is 0 Å². The van der Waals surface area contributed by atoms with Crippen molar-refractivity contribution in [1.82, 2.24) is 4.90 Å². The van der Waals surface area contributed by atoms with E-state index in [1.165, 1.54) is 0 Å². The van der Waals surface area contributed by atoms with Gasteiger partial charge in [0.05, 0.1) is 11.8 Å². The molecule has 1 saturated heterocycles. The smallest absolute Gasteiger partial charge is 0.411 e. The number of nitrogens with zero attached hydrogens (tertiary/aromatic N) is 1. The molecule has 0 aromatic rings. The van der Waals surface area contributed by atoms with Gasteiger partial charge in [-0.05, 0) is 63.7 Å². The maximum absolute atomic E-state index is 14.3. The van der Waals surface area contributed by atoms with Gasteiger partial charge in [-0.2, -0.15) is 0 Å². The quantitative estimate of drug-likeness (QED) is 0.184. The second-order valence-corrected chi connectivity index (χ2v) is 19.1. The van der Waals surface area contributed by atoms with Crippen LogP contribution in [0.2, 0.25) is 18.1 Å². The summed E-state index contributed by atoms with van der Waals surface area (Å²) in [5.74, 6) is -0.571. The van der Waals surface area contributed by atoms with Crippen molar-refractivity contribution >= 4 is 26.3 Å². The van der Waals surface area contributed by atoms with Crippen molar-refractivity contribution in [2.24, 2.45) is 5.41 Å². The summed E-state index contributed by atoms with van der Waals surface area (Å²) in [7, 11) is -2.36. The van der Waals surface area contributed by atoms with E-state index >= 15 is 0 Å². The molecule has 2 bridgehead atoms. The molecule has 0 N–H and O–H groups in total. The monoisotopic (exact) mass is 547 g/mol. The fourth-order valence-electron chi connectivity index (χ4n) is 5.77. The molecule has 2 fully saturated rings. The van der Waals surface area contributed by atoms with Gasteiger partial charge in [0.15, 0.2) is 0 Å². The first kappa shape index (κ1) is 28.7. The second-order valence-electron chi connectivity index (χ2n) is 14.4. The minimum absolute atomic E-state index is 0.103. The summed E-state index contributed by atoms with van der Waals surface area (Å²) in [4.78, 5) is 42.3. The van der Waals surface area contributed by atoms with Crippen LogP contribution in [0.25, 0.3) is 0 Å². The average molecular weight is 548 g/mol. The van der Waals surface area contributed by atoms with E-state index in [1.54, 1.807) is 4.90 Å². The number of ether oxygens (including phenoxy) is 3. The van der Waals surface area contributed by atoms with Gasteiger partial charge in [0, 0.05) is 11.8 Å². The molecule has 1 aliphatic carbocycles. The van der Waals surface area contributed by atoms with E-state index in [9.17, 15) is 14.4 Å². The Bertz CT molecular complexity index is 1090. The molecule has 3 atom stereocenters.